The van der Waals surface area contributed by atoms with E-state index in [2.05, 4.69) is 39.3 Å². The molecule has 0 heterocycles. The molecule has 9 heavy (non-hydrogen) atoms. The zero-order chi connectivity index (χ0) is 7.15. The van der Waals surface area contributed by atoms with Gasteiger partial charge < -0.3 is 0 Å². The number of rotatable bonds is 0. The van der Waals surface area contributed by atoms with E-state index in [0.29, 0.717) is 0 Å². The smallest absolute Gasteiger partial charge is 0.271 e. The summed E-state index contributed by atoms with van der Waals surface area (Å²) in [7, 11) is 0.241. The van der Waals surface area contributed by atoms with Crippen LogP contribution in [0.15, 0.2) is 0 Å². The van der Waals surface area contributed by atoms with Crippen molar-refractivity contribution in [3.8, 4) is 0 Å². The molecule has 0 aliphatic carbocycles. The first kappa shape index (κ1) is 16.7. The van der Waals surface area contributed by atoms with Crippen LogP contribution in [0.2, 0.25) is 39.3 Å². The monoisotopic (exact) mass is 170 g/mol. The van der Waals surface area contributed by atoms with E-state index in [1.54, 1.807) is 0 Å². The summed E-state index contributed by atoms with van der Waals surface area (Å²) in [4.78, 5) is 0. The topological polar surface area (TPSA) is 0 Å². The van der Waals surface area contributed by atoms with Crippen molar-refractivity contribution in [1.82, 2.24) is 0 Å². The van der Waals surface area contributed by atoms with Gasteiger partial charge in [-0.15, -0.1) is 0 Å². The zero-order valence-electron chi connectivity index (χ0n) is 7.71. The van der Waals surface area contributed by atoms with Crippen molar-refractivity contribution >= 4 is 40.6 Å². The van der Waals surface area contributed by atoms with Crippen LogP contribution < -0.4 is 0 Å². The molecule has 0 spiro atoms. The fourth-order valence-corrected chi connectivity index (χ4v) is 0. The predicted octanol–water partition coefficient (Wildman–Crippen LogP) is 2.36. The molecule has 0 aromatic rings. The molecule has 52 valence electrons. The summed E-state index contributed by atoms with van der Waals surface area (Å²) < 4.78 is 0. The van der Waals surface area contributed by atoms with Crippen molar-refractivity contribution in [3.05, 3.63) is 0 Å². The Balaban J connectivity index is -0.0000000720. The minimum atomic E-state index is 0. The molecule has 0 amide bonds. The molecule has 0 bridgehead atoms. The predicted molar refractivity (Wildman–Crippen MR) is 52.4 cm³/mol. The van der Waals surface area contributed by atoms with E-state index >= 15 is 0 Å². The van der Waals surface area contributed by atoms with Gasteiger partial charge >= 0.3 is 23.1 Å². The second kappa shape index (κ2) is 11.9. The van der Waals surface area contributed by atoms with Gasteiger partial charge in [0.1, 0.15) is 0 Å². The van der Waals surface area contributed by atoms with Gasteiger partial charge in [0.15, 0.2) is 0 Å². The summed E-state index contributed by atoms with van der Waals surface area (Å²) in [5.41, 5.74) is 0. The van der Waals surface area contributed by atoms with Gasteiger partial charge in [-0.3, -0.25) is 17.6 Å². The molecule has 0 saturated carbocycles. The first-order valence-corrected chi connectivity index (χ1v) is 9.00. The standard InChI is InChI=1S/2C3H9Si.Mg/c2*1-4(2)3;/h2*1-3H3;/q2*-1;+2. The molecule has 0 nitrogen and oxygen atoms in total. The third-order valence-electron chi connectivity index (χ3n) is 0. The quantitative estimate of drug-likeness (QED) is 0.490. The average Bonchev–Trinajstić information content (AvgIpc) is 1.25. The number of hydrogen-bond acceptors (Lipinski definition) is 0. The maximum absolute atomic E-state index is 2.27. The summed E-state index contributed by atoms with van der Waals surface area (Å²) in [5, 5.41) is 0. The third-order valence-corrected chi connectivity index (χ3v) is 0. The van der Waals surface area contributed by atoms with Gasteiger partial charge in [-0.25, -0.2) is 0 Å². The summed E-state index contributed by atoms with van der Waals surface area (Å²) in [6, 6.07) is 0. The van der Waals surface area contributed by atoms with E-state index < -0.39 is 0 Å². The summed E-state index contributed by atoms with van der Waals surface area (Å²) in [5.74, 6) is 0. The van der Waals surface area contributed by atoms with Crippen LogP contribution in [0.25, 0.3) is 0 Å². The van der Waals surface area contributed by atoms with Crippen molar-refractivity contribution in [2.45, 2.75) is 39.3 Å². The minimum absolute atomic E-state index is 0. The van der Waals surface area contributed by atoms with Crippen LogP contribution in [0.1, 0.15) is 0 Å². The van der Waals surface area contributed by atoms with Gasteiger partial charge in [0, 0.05) is 0 Å². The summed E-state index contributed by atoms with van der Waals surface area (Å²) >= 11 is 0. The van der Waals surface area contributed by atoms with Crippen molar-refractivity contribution in [3.63, 3.8) is 0 Å². The Morgan fingerprint density at radius 1 is 0.556 bits per heavy atom. The third kappa shape index (κ3) is 331. The molecule has 0 atom stereocenters. The Hall–Kier alpha value is 1.20. The molecule has 0 aromatic carbocycles. The van der Waals surface area contributed by atoms with Gasteiger partial charge in [-0.1, -0.05) is 0 Å². The molecule has 0 rings (SSSR count). The van der Waals surface area contributed by atoms with Gasteiger partial charge in [-0.05, 0) is 0 Å². The fourth-order valence-electron chi connectivity index (χ4n) is 0. The van der Waals surface area contributed by atoms with Crippen LogP contribution in [0.5, 0.6) is 0 Å². The van der Waals surface area contributed by atoms with Crippen molar-refractivity contribution in [2.24, 2.45) is 0 Å². The van der Waals surface area contributed by atoms with E-state index in [9.17, 15) is 0 Å². The van der Waals surface area contributed by atoms with E-state index in [4.69, 9.17) is 0 Å². The van der Waals surface area contributed by atoms with E-state index in [0.717, 1.165) is 0 Å². The summed E-state index contributed by atoms with van der Waals surface area (Å²) in [6.07, 6.45) is 0. The van der Waals surface area contributed by atoms with E-state index in [-0.39, 0.29) is 40.6 Å². The van der Waals surface area contributed by atoms with Crippen molar-refractivity contribution in [2.75, 3.05) is 0 Å². The van der Waals surface area contributed by atoms with Crippen LogP contribution >= 0.6 is 0 Å². The van der Waals surface area contributed by atoms with Gasteiger partial charge in [0.25, 0.3) is 0 Å². The van der Waals surface area contributed by atoms with Crippen molar-refractivity contribution in [1.29, 1.82) is 0 Å². The molecule has 0 aromatic heterocycles. The molecule has 3 heteroatoms. The molecule has 0 N–H and O–H groups in total. The second-order valence-corrected chi connectivity index (χ2v) is 9.00. The largest absolute Gasteiger partial charge is 2.00 e. The van der Waals surface area contributed by atoms with Gasteiger partial charge in [0.05, 0.1) is 0 Å². The molecule has 0 fully saturated rings. The maximum atomic E-state index is 2.27. The Morgan fingerprint density at radius 2 is 0.556 bits per heavy atom. The molecule has 0 saturated heterocycles. The second-order valence-electron chi connectivity index (χ2n) is 3.00. The van der Waals surface area contributed by atoms with Crippen LogP contribution in [-0.4, -0.2) is 40.6 Å². The first-order valence-electron chi connectivity index (χ1n) is 3.00. The van der Waals surface area contributed by atoms with E-state index in [1.165, 1.54) is 0 Å². The van der Waals surface area contributed by atoms with Gasteiger partial charge in [-0.2, -0.15) is 39.3 Å². The average molecular weight is 171 g/mol. The number of hydrogen-bond donors (Lipinski definition) is 0. The minimum Gasteiger partial charge on any atom is -0.271 e. The SMILES string of the molecule is C[Si-](C)C.C[Si-](C)C.[Mg+2]. The Bertz CT molecular complexity index is 26.5. The van der Waals surface area contributed by atoms with Crippen molar-refractivity contribution < 1.29 is 0 Å². The van der Waals surface area contributed by atoms with Gasteiger partial charge in [0.2, 0.25) is 0 Å². The first-order chi connectivity index (χ1) is 3.46. The Morgan fingerprint density at radius 3 is 0.556 bits per heavy atom. The maximum Gasteiger partial charge on any atom is 2.00 e. The Kier molecular flexibility index (Phi) is 22.1. The molecule has 0 aliphatic heterocycles. The van der Waals surface area contributed by atoms with Crippen LogP contribution in [0, 0.1) is 0 Å². The summed E-state index contributed by atoms with van der Waals surface area (Å²) in [6.45, 7) is 13.6. The van der Waals surface area contributed by atoms with Crippen LogP contribution in [0.4, 0.5) is 0 Å². The molecular weight excluding hydrogens is 153 g/mol. The fraction of sp³-hybridized carbons (Fsp3) is 1.00. The van der Waals surface area contributed by atoms with Crippen LogP contribution in [-0.2, 0) is 0 Å². The Labute approximate surface area is 79.8 Å². The molecule has 0 radical (unpaired) electrons. The molecular formula is C6H18MgSi2. The zero-order valence-corrected chi connectivity index (χ0v) is 11.1. The van der Waals surface area contributed by atoms with Crippen LogP contribution in [0.3, 0.4) is 0 Å². The molecule has 0 unspecified atom stereocenters. The van der Waals surface area contributed by atoms with E-state index in [1.807, 2.05) is 0 Å². The normalized spacial score (nSPS) is 8.00. The molecule has 0 aliphatic rings.